The minimum Gasteiger partial charge on any atom is -0.482 e. The number of hydrogen-bond acceptors (Lipinski definition) is 6. The van der Waals surface area contributed by atoms with Gasteiger partial charge in [-0.25, -0.2) is 9.59 Å². The van der Waals surface area contributed by atoms with Crippen LogP contribution in [-0.2, 0) is 19.1 Å². The lowest BCUT2D eigenvalue weighted by molar-refractivity contribution is -0.142. The molecule has 0 aromatic heterocycles. The van der Waals surface area contributed by atoms with Gasteiger partial charge in [0.15, 0.2) is 6.61 Å². The molecule has 1 aromatic carbocycles. The van der Waals surface area contributed by atoms with Crippen molar-refractivity contribution < 1.29 is 28.6 Å². The molecule has 0 unspecified atom stereocenters. The molecule has 1 aromatic rings. The van der Waals surface area contributed by atoms with Crippen LogP contribution in [0.3, 0.4) is 0 Å². The van der Waals surface area contributed by atoms with Crippen LogP contribution >= 0.6 is 0 Å². The Bertz CT molecular complexity index is 594. The van der Waals surface area contributed by atoms with Gasteiger partial charge in [0, 0.05) is 11.8 Å². The predicted molar refractivity (Wildman–Crippen MR) is 86.8 cm³/mol. The highest BCUT2D eigenvalue weighted by Crippen LogP contribution is 2.17. The number of anilines is 1. The van der Waals surface area contributed by atoms with Gasteiger partial charge in [-0.15, -0.1) is 0 Å². The fourth-order valence-electron chi connectivity index (χ4n) is 1.54. The van der Waals surface area contributed by atoms with Crippen LogP contribution in [0.5, 0.6) is 5.75 Å². The number of carbonyl (C=O) groups is 3. The number of alkyl carbamates (subject to hydrolysis) is 1. The SMILES string of the molecule is COC(=O)COc1cccc(NC(=O)CNC(=O)OC(C)(C)C)c1. The van der Waals surface area contributed by atoms with Crippen LogP contribution < -0.4 is 15.4 Å². The van der Waals surface area contributed by atoms with E-state index in [1.54, 1.807) is 45.0 Å². The number of methoxy groups -OCH3 is 1. The number of carbonyl (C=O) groups excluding carboxylic acids is 3. The molecule has 0 spiro atoms. The van der Waals surface area contributed by atoms with E-state index < -0.39 is 23.6 Å². The third-order valence-electron chi connectivity index (χ3n) is 2.49. The number of amides is 2. The molecule has 24 heavy (non-hydrogen) atoms. The third kappa shape index (κ3) is 8.02. The van der Waals surface area contributed by atoms with Crippen molar-refractivity contribution >= 4 is 23.7 Å². The molecule has 0 fully saturated rings. The molecule has 2 amide bonds. The summed E-state index contributed by atoms with van der Waals surface area (Å²) in [6, 6.07) is 6.49. The first-order valence-corrected chi connectivity index (χ1v) is 7.26. The van der Waals surface area contributed by atoms with Gasteiger partial charge in [-0.1, -0.05) is 6.07 Å². The molecule has 8 heteroatoms. The molecular formula is C16H22N2O6. The molecule has 0 bridgehead atoms. The first-order valence-electron chi connectivity index (χ1n) is 7.26. The van der Waals surface area contributed by atoms with E-state index in [9.17, 15) is 14.4 Å². The van der Waals surface area contributed by atoms with Gasteiger partial charge >= 0.3 is 12.1 Å². The fraction of sp³-hybridized carbons (Fsp3) is 0.438. The maximum absolute atomic E-state index is 11.8. The highest BCUT2D eigenvalue weighted by Gasteiger charge is 2.16. The Morgan fingerprint density at radius 3 is 2.50 bits per heavy atom. The Balaban J connectivity index is 2.46. The lowest BCUT2D eigenvalue weighted by Gasteiger charge is -2.19. The summed E-state index contributed by atoms with van der Waals surface area (Å²) < 4.78 is 14.7. The van der Waals surface area contributed by atoms with Crippen LogP contribution in [-0.4, -0.2) is 43.8 Å². The van der Waals surface area contributed by atoms with Gasteiger partial charge < -0.3 is 24.8 Å². The number of benzene rings is 1. The topological polar surface area (TPSA) is 103 Å². The molecule has 1 rings (SSSR count). The van der Waals surface area contributed by atoms with E-state index >= 15 is 0 Å². The summed E-state index contributed by atoms with van der Waals surface area (Å²) in [6.07, 6.45) is -0.673. The summed E-state index contributed by atoms with van der Waals surface area (Å²) >= 11 is 0. The lowest BCUT2D eigenvalue weighted by atomic mass is 10.2. The Morgan fingerprint density at radius 1 is 1.17 bits per heavy atom. The summed E-state index contributed by atoms with van der Waals surface area (Å²) in [5.74, 6) is -0.532. The first kappa shape index (κ1) is 19.3. The summed E-state index contributed by atoms with van der Waals surface area (Å²) in [5.41, 5.74) is -0.167. The van der Waals surface area contributed by atoms with Crippen molar-refractivity contribution in [2.45, 2.75) is 26.4 Å². The zero-order chi connectivity index (χ0) is 18.2. The highest BCUT2D eigenvalue weighted by atomic mass is 16.6. The van der Waals surface area contributed by atoms with Crippen molar-refractivity contribution in [3.05, 3.63) is 24.3 Å². The Kier molecular flexibility index (Phi) is 7.03. The van der Waals surface area contributed by atoms with E-state index in [1.165, 1.54) is 7.11 Å². The van der Waals surface area contributed by atoms with Crippen LogP contribution in [0, 0.1) is 0 Å². The van der Waals surface area contributed by atoms with Crippen LogP contribution in [0.2, 0.25) is 0 Å². The zero-order valence-electron chi connectivity index (χ0n) is 14.2. The maximum Gasteiger partial charge on any atom is 0.408 e. The van der Waals surface area contributed by atoms with E-state index in [1.807, 2.05) is 0 Å². The quantitative estimate of drug-likeness (QED) is 0.765. The minimum absolute atomic E-state index is 0.228. The van der Waals surface area contributed by atoms with Gasteiger partial charge in [-0.2, -0.15) is 0 Å². The monoisotopic (exact) mass is 338 g/mol. The van der Waals surface area contributed by atoms with E-state index in [-0.39, 0.29) is 13.2 Å². The Hall–Kier alpha value is -2.77. The first-order chi connectivity index (χ1) is 11.2. The summed E-state index contributed by atoms with van der Waals surface area (Å²) in [5, 5.41) is 4.95. The standard InChI is InChI=1S/C16H22N2O6/c1-16(2,3)24-15(21)17-9-13(19)18-11-6-5-7-12(8-11)23-10-14(20)22-4/h5-8H,9-10H2,1-4H3,(H,17,21)(H,18,19). The largest absolute Gasteiger partial charge is 0.482 e. The van der Waals surface area contributed by atoms with Crippen LogP contribution in [0.25, 0.3) is 0 Å². The Morgan fingerprint density at radius 2 is 1.88 bits per heavy atom. The number of esters is 1. The predicted octanol–water partition coefficient (Wildman–Crippen LogP) is 1.70. The second-order valence-corrected chi connectivity index (χ2v) is 5.80. The minimum atomic E-state index is -0.673. The average molecular weight is 338 g/mol. The van der Waals surface area contributed by atoms with Crippen molar-refractivity contribution in [1.29, 1.82) is 0 Å². The molecule has 0 saturated heterocycles. The van der Waals surface area contributed by atoms with Gasteiger partial charge in [-0.3, -0.25) is 4.79 Å². The number of nitrogens with one attached hydrogen (secondary N) is 2. The highest BCUT2D eigenvalue weighted by molar-refractivity contribution is 5.94. The van der Waals surface area contributed by atoms with E-state index in [0.717, 1.165) is 0 Å². The second-order valence-electron chi connectivity index (χ2n) is 5.80. The number of ether oxygens (including phenoxy) is 3. The van der Waals surface area contributed by atoms with Gasteiger partial charge in [0.2, 0.25) is 5.91 Å². The fourth-order valence-corrected chi connectivity index (χ4v) is 1.54. The van der Waals surface area contributed by atoms with E-state index in [4.69, 9.17) is 9.47 Å². The van der Waals surface area contributed by atoms with Gasteiger partial charge in [-0.05, 0) is 32.9 Å². The van der Waals surface area contributed by atoms with Crippen LogP contribution in [0.15, 0.2) is 24.3 Å². The summed E-state index contributed by atoms with van der Waals surface area (Å²) in [7, 11) is 1.26. The molecule has 0 heterocycles. The molecule has 0 aliphatic heterocycles. The molecule has 0 saturated carbocycles. The molecule has 0 atom stereocenters. The normalized spacial score (nSPS) is 10.5. The second kappa shape index (κ2) is 8.76. The molecule has 0 aliphatic rings. The van der Waals surface area contributed by atoms with Crippen LogP contribution in [0.1, 0.15) is 20.8 Å². The lowest BCUT2D eigenvalue weighted by Crippen LogP contribution is -2.37. The van der Waals surface area contributed by atoms with Crippen molar-refractivity contribution in [3.63, 3.8) is 0 Å². The van der Waals surface area contributed by atoms with E-state index in [2.05, 4.69) is 15.4 Å². The molecule has 0 aliphatic carbocycles. The van der Waals surface area contributed by atoms with Crippen molar-refractivity contribution in [2.75, 3.05) is 25.6 Å². The van der Waals surface area contributed by atoms with E-state index in [0.29, 0.717) is 11.4 Å². The van der Waals surface area contributed by atoms with Gasteiger partial charge in [0.1, 0.15) is 17.9 Å². The maximum atomic E-state index is 11.8. The smallest absolute Gasteiger partial charge is 0.408 e. The molecule has 132 valence electrons. The summed E-state index contributed by atoms with van der Waals surface area (Å²) in [4.78, 5) is 34.3. The van der Waals surface area contributed by atoms with Crippen molar-refractivity contribution in [1.82, 2.24) is 5.32 Å². The Labute approximate surface area is 140 Å². The van der Waals surface area contributed by atoms with Crippen molar-refractivity contribution in [2.24, 2.45) is 0 Å². The van der Waals surface area contributed by atoms with Gasteiger partial charge in [0.05, 0.1) is 7.11 Å². The number of hydrogen-bond donors (Lipinski definition) is 2. The van der Waals surface area contributed by atoms with Crippen LogP contribution in [0.4, 0.5) is 10.5 Å². The molecular weight excluding hydrogens is 316 g/mol. The van der Waals surface area contributed by atoms with Crippen molar-refractivity contribution in [3.8, 4) is 5.75 Å². The number of rotatable bonds is 6. The summed E-state index contributed by atoms with van der Waals surface area (Å²) in [6.45, 7) is 4.72. The average Bonchev–Trinajstić information content (AvgIpc) is 2.49. The van der Waals surface area contributed by atoms with Gasteiger partial charge in [0.25, 0.3) is 0 Å². The third-order valence-corrected chi connectivity index (χ3v) is 2.49. The zero-order valence-corrected chi connectivity index (χ0v) is 14.2. The molecule has 0 radical (unpaired) electrons. The molecule has 8 nitrogen and oxygen atoms in total. The molecule has 2 N–H and O–H groups in total.